The van der Waals surface area contributed by atoms with Gasteiger partial charge < -0.3 is 0 Å². The van der Waals surface area contributed by atoms with Crippen LogP contribution in [0.2, 0.25) is 0 Å². The van der Waals surface area contributed by atoms with Crippen molar-refractivity contribution in [2.45, 2.75) is 0 Å². The molecule has 4 aromatic carbocycles. The molecule has 8 nitrogen and oxygen atoms in total. The molecule has 8 heterocycles. The van der Waals surface area contributed by atoms with Crippen LogP contribution in [-0.4, -0.2) is 35.8 Å². The molecule has 2 aliphatic heterocycles. The Hall–Kier alpha value is -7.52. The molecular formula is C46H29BN8. The van der Waals surface area contributed by atoms with E-state index in [9.17, 15) is 0 Å². The predicted molar refractivity (Wildman–Crippen MR) is 223 cm³/mol. The van der Waals surface area contributed by atoms with Crippen molar-refractivity contribution in [3.8, 4) is 11.5 Å². The Morgan fingerprint density at radius 3 is 1.95 bits per heavy atom. The van der Waals surface area contributed by atoms with Crippen LogP contribution in [0.15, 0.2) is 176 Å². The second-order valence-corrected chi connectivity index (χ2v) is 13.9. The van der Waals surface area contributed by atoms with E-state index in [0.29, 0.717) is 0 Å². The van der Waals surface area contributed by atoms with Gasteiger partial charge in [-0.2, -0.15) is 0 Å². The lowest BCUT2D eigenvalue weighted by Gasteiger charge is -2.40. The number of para-hydroxylation sites is 3. The highest BCUT2D eigenvalue weighted by Crippen LogP contribution is 2.46. The molecule has 0 bridgehead atoms. The van der Waals surface area contributed by atoms with Gasteiger partial charge >= 0.3 is 0 Å². The van der Waals surface area contributed by atoms with E-state index in [4.69, 9.17) is 19.9 Å². The van der Waals surface area contributed by atoms with Crippen molar-refractivity contribution in [2.24, 2.45) is 0 Å². The van der Waals surface area contributed by atoms with E-state index in [1.807, 2.05) is 67.3 Å². The predicted octanol–water partition coefficient (Wildman–Crippen LogP) is 8.39. The summed E-state index contributed by atoms with van der Waals surface area (Å²) in [6.45, 7) is -0.0642. The number of hydrogen-bond acceptors (Lipinski definition) is 6. The van der Waals surface area contributed by atoms with Crippen molar-refractivity contribution in [1.82, 2.24) is 29.1 Å². The number of rotatable bonds is 5. The summed E-state index contributed by atoms with van der Waals surface area (Å²) in [6.07, 6.45) is 7.44. The van der Waals surface area contributed by atoms with E-state index in [2.05, 4.69) is 128 Å². The third-order valence-electron chi connectivity index (χ3n) is 11.1. The van der Waals surface area contributed by atoms with E-state index in [-0.39, 0.29) is 6.71 Å². The number of nitrogens with zero attached hydrogens (tertiary/aromatic N) is 8. The molecule has 0 atom stereocenters. The average molecular weight is 705 g/mol. The quantitative estimate of drug-likeness (QED) is 0.168. The van der Waals surface area contributed by atoms with Crippen LogP contribution in [0.4, 0.5) is 34.5 Å². The molecule has 0 fully saturated rings. The fraction of sp³-hybridized carbons (Fsp3) is 0. The zero-order valence-electron chi connectivity index (χ0n) is 29.4. The van der Waals surface area contributed by atoms with Crippen molar-refractivity contribution in [3.63, 3.8) is 0 Å². The van der Waals surface area contributed by atoms with Gasteiger partial charge in [-0.3, -0.25) is 18.9 Å². The molecule has 9 heteroatoms. The minimum atomic E-state index is -0.0642. The van der Waals surface area contributed by atoms with Crippen molar-refractivity contribution < 1.29 is 0 Å². The molecule has 0 amide bonds. The van der Waals surface area contributed by atoms with Crippen LogP contribution in [0.3, 0.4) is 0 Å². The Morgan fingerprint density at radius 2 is 1.18 bits per heavy atom. The van der Waals surface area contributed by atoms with Crippen molar-refractivity contribution in [2.75, 3.05) is 9.80 Å². The maximum atomic E-state index is 5.13. The maximum absolute atomic E-state index is 5.13. The summed E-state index contributed by atoms with van der Waals surface area (Å²) in [5.41, 5.74) is 11.1. The third-order valence-corrected chi connectivity index (χ3v) is 11.1. The summed E-state index contributed by atoms with van der Waals surface area (Å²) < 4.78 is 4.82. The first-order valence-corrected chi connectivity index (χ1v) is 18.4. The Labute approximate surface area is 316 Å². The number of anilines is 6. The van der Waals surface area contributed by atoms with Crippen LogP contribution in [0.1, 0.15) is 0 Å². The van der Waals surface area contributed by atoms with Crippen molar-refractivity contribution in [1.29, 1.82) is 0 Å². The minimum Gasteiger partial charge on any atom is -0.296 e. The molecule has 2 aliphatic rings. The number of fused-ring (bicyclic) bond motifs is 9. The highest BCUT2D eigenvalue weighted by molar-refractivity contribution is 7.00. The van der Waals surface area contributed by atoms with Gasteiger partial charge in [0.1, 0.15) is 28.9 Å². The first-order chi connectivity index (χ1) is 27.3. The zero-order valence-corrected chi connectivity index (χ0v) is 29.4. The standard InChI is InChI=1S/C46H29BN8/c1-2-14-30(15-3-1)52-37-28-31(53(39-21-6-9-24-48-39)40-22-7-10-25-49-40)29-38-43(37)47(35-19-13-27-51-45(35)52)34-18-12-17-33-42-32-16-4-5-20-36(32)54(41-23-8-11-26-50-41)46(42)55(38)44(33)34/h1-29H. The van der Waals surface area contributed by atoms with Gasteiger partial charge in [-0.25, -0.2) is 19.9 Å². The largest absolute Gasteiger partial charge is 0.296 e. The lowest BCUT2D eigenvalue weighted by molar-refractivity contribution is 1.02. The zero-order chi connectivity index (χ0) is 36.0. The summed E-state index contributed by atoms with van der Waals surface area (Å²) in [5, 5.41) is 3.60. The Kier molecular flexibility index (Phi) is 6.27. The van der Waals surface area contributed by atoms with E-state index in [1.165, 1.54) is 38.1 Å². The van der Waals surface area contributed by atoms with Crippen LogP contribution in [0, 0.1) is 0 Å². The lowest BCUT2D eigenvalue weighted by atomic mass is 9.34. The van der Waals surface area contributed by atoms with Gasteiger partial charge in [-0.05, 0) is 89.2 Å². The first kappa shape index (κ1) is 30.0. The Bertz CT molecular complexity index is 3070. The molecule has 0 saturated carbocycles. The molecular weight excluding hydrogens is 675 g/mol. The summed E-state index contributed by atoms with van der Waals surface area (Å²) in [6, 6.07) is 53.1. The molecule has 0 N–H and O–H groups in total. The number of hydrogen-bond donors (Lipinski definition) is 0. The van der Waals surface area contributed by atoms with Crippen LogP contribution < -0.4 is 26.2 Å². The average Bonchev–Trinajstić information content (AvgIpc) is 3.77. The molecule has 55 heavy (non-hydrogen) atoms. The van der Waals surface area contributed by atoms with E-state index < -0.39 is 0 Å². The summed E-state index contributed by atoms with van der Waals surface area (Å²) in [5.74, 6) is 3.33. The molecule has 12 rings (SSSR count). The lowest BCUT2D eigenvalue weighted by Crippen LogP contribution is -2.60. The smallest absolute Gasteiger partial charge is 0.254 e. The van der Waals surface area contributed by atoms with Crippen molar-refractivity contribution >= 4 is 90.5 Å². The molecule has 0 aliphatic carbocycles. The van der Waals surface area contributed by atoms with Crippen molar-refractivity contribution in [3.05, 3.63) is 176 Å². The molecule has 6 aromatic heterocycles. The second kappa shape index (κ2) is 11.5. The van der Waals surface area contributed by atoms with Gasteiger partial charge in [0.15, 0.2) is 0 Å². The normalized spacial score (nSPS) is 12.7. The summed E-state index contributed by atoms with van der Waals surface area (Å²) >= 11 is 0. The Morgan fingerprint density at radius 1 is 0.509 bits per heavy atom. The highest BCUT2D eigenvalue weighted by Gasteiger charge is 2.44. The van der Waals surface area contributed by atoms with Crippen LogP contribution >= 0.6 is 0 Å². The van der Waals surface area contributed by atoms with Crippen LogP contribution in [0.5, 0.6) is 0 Å². The number of pyridine rings is 4. The Balaban J connectivity index is 1.29. The van der Waals surface area contributed by atoms with Gasteiger partial charge in [0.2, 0.25) is 0 Å². The summed E-state index contributed by atoms with van der Waals surface area (Å²) in [4.78, 5) is 24.3. The van der Waals surface area contributed by atoms with E-state index in [0.717, 1.165) is 57.2 Å². The monoisotopic (exact) mass is 704 g/mol. The molecule has 256 valence electrons. The first-order valence-electron chi connectivity index (χ1n) is 18.4. The van der Waals surface area contributed by atoms with Gasteiger partial charge in [0.05, 0.1) is 16.7 Å². The molecule has 10 aromatic rings. The van der Waals surface area contributed by atoms with Crippen LogP contribution in [0.25, 0.3) is 44.3 Å². The van der Waals surface area contributed by atoms with Crippen LogP contribution in [-0.2, 0) is 0 Å². The fourth-order valence-electron chi connectivity index (χ4n) is 9.02. The van der Waals surface area contributed by atoms with E-state index >= 15 is 0 Å². The van der Waals surface area contributed by atoms with Gasteiger partial charge in [0, 0.05) is 58.0 Å². The number of aromatic nitrogens is 6. The molecule has 0 spiro atoms. The van der Waals surface area contributed by atoms with Gasteiger partial charge in [0.25, 0.3) is 6.71 Å². The van der Waals surface area contributed by atoms with Gasteiger partial charge in [-0.1, -0.05) is 78.9 Å². The summed E-state index contributed by atoms with van der Waals surface area (Å²) in [7, 11) is 0. The maximum Gasteiger partial charge on any atom is 0.254 e. The molecule has 0 saturated heterocycles. The highest BCUT2D eigenvalue weighted by atomic mass is 15.3. The second-order valence-electron chi connectivity index (χ2n) is 13.9. The van der Waals surface area contributed by atoms with Gasteiger partial charge in [-0.15, -0.1) is 0 Å². The third kappa shape index (κ3) is 4.17. The topological polar surface area (TPSA) is 67.9 Å². The number of benzene rings is 4. The molecule has 0 unspecified atom stereocenters. The SMILES string of the molecule is c1ccc(N2c3cc(N(c4ccccn4)c4ccccn4)cc4c3B(c3cccnc32)c2cccc3c5c6ccccc6n(-c6ccccn6)c5n-4c23)cc1. The molecule has 0 radical (unpaired) electrons. The van der Waals surface area contributed by atoms with E-state index in [1.54, 1.807) is 0 Å². The fourth-order valence-corrected chi connectivity index (χ4v) is 9.02. The minimum absolute atomic E-state index is 0.0642.